The van der Waals surface area contributed by atoms with Crippen LogP contribution in [0.4, 0.5) is 0 Å². The minimum absolute atomic E-state index is 0. The molecule has 0 bridgehead atoms. The highest BCUT2D eigenvalue weighted by molar-refractivity contribution is 14.0. The number of carbonyl (C=O) groups excluding carboxylic acids is 1. The van der Waals surface area contributed by atoms with Crippen LogP contribution in [0.15, 0.2) is 39.9 Å². The lowest BCUT2D eigenvalue weighted by atomic mass is 9.92. The standard InChI is InChI=1S/C20H29N5O2.HI/c1-6-22-19(24-13-20(3,4)18(26)21-5)23-11-16-12-27-17(25-16)15-9-7-14(2)8-10-15;/h7-10,12H,6,11,13H2,1-5H3,(H,21,26)(H2,22,23,24);1H. The summed E-state index contributed by atoms with van der Waals surface area (Å²) in [6.45, 7) is 9.37. The highest BCUT2D eigenvalue weighted by Gasteiger charge is 2.26. The molecule has 0 radical (unpaired) electrons. The number of aryl methyl sites for hydroxylation is 1. The molecule has 0 spiro atoms. The van der Waals surface area contributed by atoms with Crippen LogP contribution in [-0.4, -0.2) is 37.0 Å². The molecule has 0 fully saturated rings. The minimum atomic E-state index is -0.544. The predicted molar refractivity (Wildman–Crippen MR) is 123 cm³/mol. The highest BCUT2D eigenvalue weighted by atomic mass is 127. The van der Waals surface area contributed by atoms with Gasteiger partial charge in [0.25, 0.3) is 0 Å². The largest absolute Gasteiger partial charge is 0.444 e. The molecule has 28 heavy (non-hydrogen) atoms. The molecule has 0 aliphatic carbocycles. The summed E-state index contributed by atoms with van der Waals surface area (Å²) in [7, 11) is 1.64. The van der Waals surface area contributed by atoms with Gasteiger partial charge in [-0.25, -0.2) is 9.98 Å². The molecule has 0 unspecified atom stereocenters. The van der Waals surface area contributed by atoms with E-state index in [-0.39, 0.29) is 29.9 Å². The van der Waals surface area contributed by atoms with Crippen molar-refractivity contribution in [1.82, 2.24) is 20.9 Å². The number of aromatic nitrogens is 1. The Bertz CT molecular complexity index is 784. The van der Waals surface area contributed by atoms with E-state index in [0.717, 1.165) is 17.8 Å². The zero-order valence-corrected chi connectivity index (χ0v) is 19.5. The third kappa shape index (κ3) is 6.81. The van der Waals surface area contributed by atoms with E-state index < -0.39 is 5.41 Å². The third-order valence-corrected chi connectivity index (χ3v) is 4.13. The fourth-order valence-electron chi connectivity index (χ4n) is 2.43. The third-order valence-electron chi connectivity index (χ3n) is 4.13. The van der Waals surface area contributed by atoms with Gasteiger partial charge in [-0.05, 0) is 39.8 Å². The Morgan fingerprint density at radius 1 is 1.21 bits per heavy atom. The van der Waals surface area contributed by atoms with Crippen LogP contribution in [0, 0.1) is 12.3 Å². The Morgan fingerprint density at radius 2 is 1.89 bits per heavy atom. The van der Waals surface area contributed by atoms with Gasteiger partial charge >= 0.3 is 0 Å². The lowest BCUT2D eigenvalue weighted by Gasteiger charge is -2.24. The number of nitrogens with one attached hydrogen (secondary N) is 3. The zero-order valence-electron chi connectivity index (χ0n) is 17.1. The summed E-state index contributed by atoms with van der Waals surface area (Å²) in [6, 6.07) is 8.03. The summed E-state index contributed by atoms with van der Waals surface area (Å²) < 4.78 is 5.57. The van der Waals surface area contributed by atoms with Crippen molar-refractivity contribution in [3.8, 4) is 11.5 Å². The van der Waals surface area contributed by atoms with Gasteiger partial charge in [0.05, 0.1) is 12.0 Å². The number of aliphatic imine (C=N–C) groups is 1. The van der Waals surface area contributed by atoms with Gasteiger partial charge in [0.15, 0.2) is 5.96 Å². The molecule has 2 aromatic rings. The number of guanidine groups is 1. The van der Waals surface area contributed by atoms with Crippen LogP contribution in [0.5, 0.6) is 0 Å². The number of benzene rings is 1. The Morgan fingerprint density at radius 3 is 2.50 bits per heavy atom. The smallest absolute Gasteiger partial charge is 0.227 e. The average Bonchev–Trinajstić information content (AvgIpc) is 3.13. The van der Waals surface area contributed by atoms with Crippen LogP contribution in [0.2, 0.25) is 0 Å². The minimum Gasteiger partial charge on any atom is -0.444 e. The molecule has 1 heterocycles. The molecular formula is C20H30IN5O2. The van der Waals surface area contributed by atoms with E-state index in [1.165, 1.54) is 5.56 Å². The second kappa shape index (κ2) is 11.0. The van der Waals surface area contributed by atoms with Gasteiger partial charge in [-0.2, -0.15) is 0 Å². The maximum Gasteiger partial charge on any atom is 0.227 e. The Labute approximate surface area is 183 Å². The van der Waals surface area contributed by atoms with Crippen LogP contribution in [0.1, 0.15) is 32.0 Å². The summed E-state index contributed by atoms with van der Waals surface area (Å²) in [5.41, 5.74) is 2.33. The summed E-state index contributed by atoms with van der Waals surface area (Å²) in [4.78, 5) is 20.9. The van der Waals surface area contributed by atoms with Gasteiger partial charge in [-0.3, -0.25) is 4.79 Å². The van der Waals surface area contributed by atoms with Crippen molar-refractivity contribution < 1.29 is 9.21 Å². The Kier molecular flexibility index (Phi) is 9.44. The number of hydrogen-bond acceptors (Lipinski definition) is 4. The van der Waals surface area contributed by atoms with Crippen molar-refractivity contribution in [3.63, 3.8) is 0 Å². The topological polar surface area (TPSA) is 91.6 Å². The first-order chi connectivity index (χ1) is 12.9. The second-order valence-corrected chi connectivity index (χ2v) is 7.02. The molecule has 7 nitrogen and oxygen atoms in total. The molecule has 0 saturated carbocycles. The second-order valence-electron chi connectivity index (χ2n) is 7.02. The zero-order chi connectivity index (χ0) is 19.9. The fourth-order valence-corrected chi connectivity index (χ4v) is 2.43. The van der Waals surface area contributed by atoms with Gasteiger partial charge in [0.1, 0.15) is 12.0 Å². The maximum atomic E-state index is 11.9. The summed E-state index contributed by atoms with van der Waals surface area (Å²) in [5, 5.41) is 9.07. The number of amides is 1. The van der Waals surface area contributed by atoms with Crippen molar-refractivity contribution in [2.24, 2.45) is 10.4 Å². The van der Waals surface area contributed by atoms with Crippen LogP contribution in [-0.2, 0) is 11.3 Å². The van der Waals surface area contributed by atoms with E-state index in [2.05, 4.69) is 25.9 Å². The Hall–Kier alpha value is -2.10. The maximum absolute atomic E-state index is 11.9. The van der Waals surface area contributed by atoms with E-state index in [0.29, 0.717) is 24.9 Å². The molecule has 0 aliphatic heterocycles. The first-order valence-corrected chi connectivity index (χ1v) is 9.11. The number of halogens is 1. The SMILES string of the molecule is CCNC(=NCc1coc(-c2ccc(C)cc2)n1)NCC(C)(C)C(=O)NC.I. The lowest BCUT2D eigenvalue weighted by molar-refractivity contribution is -0.128. The highest BCUT2D eigenvalue weighted by Crippen LogP contribution is 2.19. The summed E-state index contributed by atoms with van der Waals surface area (Å²) in [6.07, 6.45) is 1.62. The molecule has 154 valence electrons. The van der Waals surface area contributed by atoms with Crippen molar-refractivity contribution in [3.05, 3.63) is 41.8 Å². The van der Waals surface area contributed by atoms with E-state index in [1.54, 1.807) is 13.3 Å². The number of oxazole rings is 1. The van der Waals surface area contributed by atoms with Gasteiger partial charge in [0, 0.05) is 25.7 Å². The van der Waals surface area contributed by atoms with Gasteiger partial charge in [-0.1, -0.05) is 17.7 Å². The van der Waals surface area contributed by atoms with Gasteiger partial charge < -0.3 is 20.4 Å². The van der Waals surface area contributed by atoms with Crippen molar-refractivity contribution in [1.29, 1.82) is 0 Å². The number of rotatable bonds is 7. The molecule has 8 heteroatoms. The number of carbonyl (C=O) groups is 1. The molecule has 0 aliphatic rings. The fraction of sp³-hybridized carbons (Fsp3) is 0.450. The van der Waals surface area contributed by atoms with E-state index in [4.69, 9.17) is 4.42 Å². The number of hydrogen-bond donors (Lipinski definition) is 3. The normalized spacial score (nSPS) is 11.5. The molecule has 1 amide bonds. The molecule has 1 aromatic heterocycles. The molecule has 2 rings (SSSR count). The lowest BCUT2D eigenvalue weighted by Crippen LogP contribution is -2.47. The quantitative estimate of drug-likeness (QED) is 0.310. The Balaban J connectivity index is 0.00000392. The first kappa shape index (κ1) is 23.9. The van der Waals surface area contributed by atoms with Crippen LogP contribution >= 0.6 is 24.0 Å². The van der Waals surface area contributed by atoms with Crippen molar-refractivity contribution in [2.45, 2.75) is 34.2 Å². The van der Waals surface area contributed by atoms with Gasteiger partial charge in [0.2, 0.25) is 11.8 Å². The molecule has 0 atom stereocenters. The molecule has 3 N–H and O–H groups in total. The number of nitrogens with zero attached hydrogens (tertiary/aromatic N) is 2. The van der Waals surface area contributed by atoms with E-state index in [9.17, 15) is 4.79 Å². The molecular weight excluding hydrogens is 469 g/mol. The molecule has 0 saturated heterocycles. The van der Waals surface area contributed by atoms with Gasteiger partial charge in [-0.15, -0.1) is 24.0 Å². The molecule has 1 aromatic carbocycles. The monoisotopic (exact) mass is 499 g/mol. The first-order valence-electron chi connectivity index (χ1n) is 9.11. The van der Waals surface area contributed by atoms with Crippen molar-refractivity contribution in [2.75, 3.05) is 20.1 Å². The van der Waals surface area contributed by atoms with E-state index >= 15 is 0 Å². The summed E-state index contributed by atoms with van der Waals surface area (Å²) >= 11 is 0. The van der Waals surface area contributed by atoms with E-state index in [1.807, 2.05) is 52.0 Å². The summed E-state index contributed by atoms with van der Waals surface area (Å²) in [5.74, 6) is 1.19. The van der Waals surface area contributed by atoms with Crippen LogP contribution in [0.3, 0.4) is 0 Å². The predicted octanol–water partition coefficient (Wildman–Crippen LogP) is 3.10. The average molecular weight is 499 g/mol. The van der Waals surface area contributed by atoms with Crippen LogP contribution in [0.25, 0.3) is 11.5 Å². The van der Waals surface area contributed by atoms with Crippen molar-refractivity contribution >= 4 is 35.8 Å². The van der Waals surface area contributed by atoms with Crippen LogP contribution < -0.4 is 16.0 Å².